The second kappa shape index (κ2) is 8.11. The molecule has 0 saturated carbocycles. The van der Waals surface area contributed by atoms with Crippen molar-refractivity contribution in [2.45, 2.75) is 44.4 Å². The second-order valence-corrected chi connectivity index (χ2v) is 10.1. The van der Waals surface area contributed by atoms with Crippen molar-refractivity contribution in [3.8, 4) is 0 Å². The number of halogens is 1. The molecule has 1 aromatic carbocycles. The molecule has 8 nitrogen and oxygen atoms in total. The van der Waals surface area contributed by atoms with E-state index in [0.29, 0.717) is 10.5 Å². The van der Waals surface area contributed by atoms with Crippen LogP contribution in [-0.4, -0.2) is 44.5 Å². The molecule has 0 bridgehead atoms. The summed E-state index contributed by atoms with van der Waals surface area (Å²) in [7, 11) is -0.484. The molecule has 1 unspecified atom stereocenters. The Labute approximate surface area is 170 Å². The van der Waals surface area contributed by atoms with Crippen LogP contribution in [0.1, 0.15) is 39.7 Å². The Bertz CT molecular complexity index is 898. The minimum absolute atomic E-state index is 0.330. The van der Waals surface area contributed by atoms with Crippen molar-refractivity contribution in [3.05, 3.63) is 35.6 Å². The summed E-state index contributed by atoms with van der Waals surface area (Å²) in [5.74, 6) is -5.00. The first kappa shape index (κ1) is 22.8. The molecule has 1 saturated heterocycles. The number of imide groups is 2. The summed E-state index contributed by atoms with van der Waals surface area (Å²) < 4.78 is 28.7. The van der Waals surface area contributed by atoms with E-state index in [1.165, 1.54) is 18.2 Å². The van der Waals surface area contributed by atoms with E-state index in [0.717, 1.165) is 7.05 Å². The molecule has 29 heavy (non-hydrogen) atoms. The van der Waals surface area contributed by atoms with Gasteiger partial charge in [0.15, 0.2) is 11.7 Å². The van der Waals surface area contributed by atoms with Crippen LogP contribution in [-0.2, 0) is 30.9 Å². The van der Waals surface area contributed by atoms with Crippen LogP contribution in [0, 0.1) is 11.7 Å². The Balaban J connectivity index is 2.40. The first-order chi connectivity index (χ1) is 13.3. The summed E-state index contributed by atoms with van der Waals surface area (Å²) in [4.78, 5) is 49.6. The largest absolute Gasteiger partial charge is 0.330 e. The van der Waals surface area contributed by atoms with E-state index < -0.39 is 63.1 Å². The van der Waals surface area contributed by atoms with E-state index in [1.807, 2.05) is 5.32 Å². The van der Waals surface area contributed by atoms with Gasteiger partial charge in [-0.25, -0.2) is 18.1 Å². The van der Waals surface area contributed by atoms with E-state index >= 15 is 0 Å². The van der Waals surface area contributed by atoms with Gasteiger partial charge in [0, 0.05) is 13.5 Å². The van der Waals surface area contributed by atoms with Crippen LogP contribution >= 0.6 is 0 Å². The maximum atomic E-state index is 13.8. The minimum Gasteiger partial charge on any atom is -0.298 e. The lowest BCUT2D eigenvalue weighted by Gasteiger charge is -2.35. The topological polar surface area (TPSA) is 113 Å². The number of hydrogen-bond donors (Lipinski definition) is 2. The van der Waals surface area contributed by atoms with Crippen molar-refractivity contribution in [1.82, 2.24) is 14.9 Å². The quantitative estimate of drug-likeness (QED) is 0.669. The molecule has 0 aromatic heterocycles. The number of benzene rings is 1. The van der Waals surface area contributed by atoms with Gasteiger partial charge in [0.05, 0.1) is 21.3 Å². The van der Waals surface area contributed by atoms with Gasteiger partial charge in [0.2, 0.25) is 5.91 Å². The zero-order valence-corrected chi connectivity index (χ0v) is 17.7. The first-order valence-corrected chi connectivity index (χ1v) is 10.0. The van der Waals surface area contributed by atoms with E-state index in [9.17, 15) is 27.8 Å². The number of ketones is 1. The SMILES string of the molecule is CN1C(=O)NC(=O)C(C(=O)C[C@@](C)(N[S@](=O)C(C)(C)C)c2cccc(F)c2)C1=O. The maximum Gasteiger partial charge on any atom is 0.330 e. The normalized spacial score (nSPS) is 20.8. The predicted octanol–water partition coefficient (Wildman–Crippen LogP) is 1.38. The number of rotatable bonds is 6. The van der Waals surface area contributed by atoms with Crippen molar-refractivity contribution < 1.29 is 27.8 Å². The van der Waals surface area contributed by atoms with Gasteiger partial charge >= 0.3 is 6.03 Å². The summed E-state index contributed by atoms with van der Waals surface area (Å²) in [6, 6.07) is 4.51. The van der Waals surface area contributed by atoms with Gasteiger partial charge in [-0.05, 0) is 45.4 Å². The fourth-order valence-corrected chi connectivity index (χ4v) is 3.69. The summed E-state index contributed by atoms with van der Waals surface area (Å²) in [6.45, 7) is 6.72. The number of hydrogen-bond acceptors (Lipinski definition) is 5. The van der Waals surface area contributed by atoms with Crippen LogP contribution in [0.5, 0.6) is 0 Å². The number of carbonyl (C=O) groups excluding carboxylic acids is 4. The number of amides is 4. The number of Topliss-reactive ketones (excluding diaryl/α,β-unsaturated/α-hetero) is 1. The minimum atomic E-state index is -1.71. The molecule has 2 rings (SSSR count). The molecule has 2 N–H and O–H groups in total. The lowest BCUT2D eigenvalue weighted by molar-refractivity contribution is -0.147. The molecular formula is C19H24FN3O5S. The van der Waals surface area contributed by atoms with Crippen LogP contribution in [0.3, 0.4) is 0 Å². The van der Waals surface area contributed by atoms with Crippen molar-refractivity contribution in [2.24, 2.45) is 5.92 Å². The monoisotopic (exact) mass is 425 g/mol. The number of nitrogens with one attached hydrogen (secondary N) is 2. The third kappa shape index (κ3) is 4.94. The highest BCUT2D eigenvalue weighted by atomic mass is 32.2. The molecule has 1 aromatic rings. The average molecular weight is 425 g/mol. The molecule has 0 aliphatic carbocycles. The lowest BCUT2D eigenvalue weighted by atomic mass is 9.83. The molecule has 0 spiro atoms. The summed E-state index contributed by atoms with van der Waals surface area (Å²) in [6.07, 6.45) is -0.426. The number of carbonyl (C=O) groups is 4. The van der Waals surface area contributed by atoms with Gasteiger partial charge < -0.3 is 0 Å². The molecule has 1 fully saturated rings. The van der Waals surface area contributed by atoms with Gasteiger partial charge in [-0.1, -0.05) is 12.1 Å². The standard InChI is InChI=1S/C19H24FN3O5S/c1-18(2,3)29(28)22-19(4,11-7-6-8-12(20)9-11)10-13(24)14-15(25)21-17(27)23(5)16(14)26/h6-9,14,22H,10H2,1-5H3,(H,21,25,27)/t14?,19-,29-/m1/s1. The highest BCUT2D eigenvalue weighted by Crippen LogP contribution is 2.30. The van der Waals surface area contributed by atoms with Crippen molar-refractivity contribution in [1.29, 1.82) is 0 Å². The number of barbiturate groups is 1. The fourth-order valence-electron chi connectivity index (χ4n) is 2.79. The third-order valence-corrected chi connectivity index (χ3v) is 6.31. The first-order valence-electron chi connectivity index (χ1n) is 8.87. The molecule has 1 aliphatic rings. The average Bonchev–Trinajstić information content (AvgIpc) is 2.58. The summed E-state index contributed by atoms with van der Waals surface area (Å²) >= 11 is 0. The highest BCUT2D eigenvalue weighted by molar-refractivity contribution is 7.84. The predicted molar refractivity (Wildman–Crippen MR) is 104 cm³/mol. The van der Waals surface area contributed by atoms with Gasteiger partial charge in [0.1, 0.15) is 5.82 Å². The van der Waals surface area contributed by atoms with E-state index in [1.54, 1.807) is 33.8 Å². The van der Waals surface area contributed by atoms with Crippen LogP contribution < -0.4 is 10.0 Å². The summed E-state index contributed by atoms with van der Waals surface area (Å²) in [5.41, 5.74) is -1.01. The molecule has 1 heterocycles. The smallest absolute Gasteiger partial charge is 0.298 e. The van der Waals surface area contributed by atoms with Crippen LogP contribution in [0.2, 0.25) is 0 Å². The van der Waals surface area contributed by atoms with Gasteiger partial charge in [-0.2, -0.15) is 0 Å². The van der Waals surface area contributed by atoms with Crippen molar-refractivity contribution >= 4 is 34.6 Å². The Morgan fingerprint density at radius 3 is 2.41 bits per heavy atom. The molecule has 10 heteroatoms. The zero-order valence-electron chi connectivity index (χ0n) is 16.9. The van der Waals surface area contributed by atoms with E-state index in [4.69, 9.17) is 0 Å². The Hall–Kier alpha value is -2.46. The highest BCUT2D eigenvalue weighted by Gasteiger charge is 2.46. The van der Waals surface area contributed by atoms with E-state index in [-0.39, 0.29) is 0 Å². The Morgan fingerprint density at radius 2 is 1.86 bits per heavy atom. The Morgan fingerprint density at radius 1 is 1.24 bits per heavy atom. The van der Waals surface area contributed by atoms with Crippen molar-refractivity contribution in [2.75, 3.05) is 7.05 Å². The number of urea groups is 1. The molecular weight excluding hydrogens is 401 g/mol. The molecule has 0 radical (unpaired) electrons. The van der Waals surface area contributed by atoms with E-state index in [2.05, 4.69) is 4.72 Å². The van der Waals surface area contributed by atoms with Crippen LogP contribution in [0.25, 0.3) is 0 Å². The molecule has 3 atom stereocenters. The third-order valence-electron chi connectivity index (χ3n) is 4.56. The van der Waals surface area contributed by atoms with Gasteiger partial charge in [0.25, 0.3) is 5.91 Å². The second-order valence-electron chi connectivity index (χ2n) is 8.09. The Kier molecular flexibility index (Phi) is 6.39. The lowest BCUT2D eigenvalue weighted by Crippen LogP contribution is -2.59. The number of nitrogens with zero attached hydrogens (tertiary/aromatic N) is 1. The van der Waals surface area contributed by atoms with Gasteiger partial charge in [-0.15, -0.1) is 0 Å². The fraction of sp³-hybridized carbons (Fsp3) is 0.474. The zero-order chi connectivity index (χ0) is 22.1. The van der Waals surface area contributed by atoms with Gasteiger partial charge in [-0.3, -0.25) is 24.6 Å². The summed E-state index contributed by atoms with van der Waals surface area (Å²) in [5, 5.41) is 1.96. The molecule has 158 valence electrons. The van der Waals surface area contributed by atoms with Crippen molar-refractivity contribution in [3.63, 3.8) is 0 Å². The molecule has 1 aliphatic heterocycles. The van der Waals surface area contributed by atoms with Crippen LogP contribution in [0.15, 0.2) is 24.3 Å². The van der Waals surface area contributed by atoms with Crippen LogP contribution in [0.4, 0.5) is 9.18 Å². The maximum absolute atomic E-state index is 13.8. The molecule has 4 amide bonds.